The quantitative estimate of drug-likeness (QED) is 0.825. The zero-order valence-corrected chi connectivity index (χ0v) is 9.96. The smallest absolute Gasteiger partial charge is 0.313 e. The van der Waals surface area contributed by atoms with E-state index in [0.29, 0.717) is 4.34 Å². The van der Waals surface area contributed by atoms with E-state index in [-0.39, 0.29) is 5.75 Å². The lowest BCUT2D eigenvalue weighted by atomic mass is 10.4. The first-order valence-corrected chi connectivity index (χ1v) is 6.13. The molecule has 0 aliphatic rings. The average molecular weight is 256 g/mol. The largest absolute Gasteiger partial charge is 0.481 e. The van der Waals surface area contributed by atoms with Crippen LogP contribution >= 0.6 is 23.1 Å². The van der Waals surface area contributed by atoms with Crippen LogP contribution in [0, 0.1) is 0 Å². The molecular weight excluding hydrogens is 248 g/mol. The predicted molar refractivity (Wildman–Crippen MR) is 60.5 cm³/mol. The molecule has 0 radical (unpaired) electrons. The van der Waals surface area contributed by atoms with Gasteiger partial charge in [0, 0.05) is 13.2 Å². The number of aliphatic carboxylic acids is 1. The molecule has 1 N–H and O–H groups in total. The molecule has 0 aliphatic heterocycles. The lowest BCUT2D eigenvalue weighted by Gasteiger charge is -1.93. The van der Waals surface area contributed by atoms with Gasteiger partial charge in [-0.3, -0.25) is 9.48 Å². The van der Waals surface area contributed by atoms with Crippen molar-refractivity contribution < 1.29 is 9.90 Å². The number of carboxylic acid groups (broad SMARTS) is 1. The van der Waals surface area contributed by atoms with Crippen LogP contribution in [-0.2, 0) is 11.8 Å². The van der Waals surface area contributed by atoms with E-state index in [0.717, 1.165) is 10.7 Å². The van der Waals surface area contributed by atoms with Crippen molar-refractivity contribution in [2.24, 2.45) is 7.05 Å². The summed E-state index contributed by atoms with van der Waals surface area (Å²) in [6.45, 7) is 0. The Morgan fingerprint density at radius 2 is 2.44 bits per heavy atom. The van der Waals surface area contributed by atoms with Gasteiger partial charge < -0.3 is 5.11 Å². The van der Waals surface area contributed by atoms with Gasteiger partial charge in [-0.05, 0) is 6.07 Å². The molecule has 0 spiro atoms. The van der Waals surface area contributed by atoms with Crippen molar-refractivity contribution in [3.8, 4) is 10.7 Å². The topological polar surface area (TPSA) is 80.9 Å². The molecule has 2 aromatic heterocycles. The van der Waals surface area contributed by atoms with Crippen molar-refractivity contribution in [3.05, 3.63) is 12.3 Å². The predicted octanol–water partition coefficient (Wildman–Crippen LogP) is 1.12. The van der Waals surface area contributed by atoms with Gasteiger partial charge in [-0.2, -0.15) is 5.10 Å². The minimum absolute atomic E-state index is 0.0000201. The second-order valence-electron chi connectivity index (χ2n) is 2.90. The Kier molecular flexibility index (Phi) is 3.20. The molecule has 0 atom stereocenters. The third kappa shape index (κ3) is 2.39. The number of carboxylic acids is 1. The third-order valence-electron chi connectivity index (χ3n) is 1.77. The van der Waals surface area contributed by atoms with Gasteiger partial charge in [0.05, 0.1) is 11.4 Å². The van der Waals surface area contributed by atoms with Crippen molar-refractivity contribution >= 4 is 29.1 Å². The molecule has 16 heavy (non-hydrogen) atoms. The minimum atomic E-state index is -0.859. The van der Waals surface area contributed by atoms with E-state index in [1.165, 1.54) is 23.1 Å². The molecule has 0 unspecified atom stereocenters. The molecule has 0 saturated heterocycles. The number of aromatic nitrogens is 4. The van der Waals surface area contributed by atoms with Crippen LogP contribution < -0.4 is 0 Å². The molecule has 2 heterocycles. The molecule has 6 nitrogen and oxygen atoms in total. The Morgan fingerprint density at radius 3 is 3.06 bits per heavy atom. The highest BCUT2D eigenvalue weighted by Crippen LogP contribution is 2.28. The van der Waals surface area contributed by atoms with Crippen LogP contribution in [0.1, 0.15) is 0 Å². The van der Waals surface area contributed by atoms with Gasteiger partial charge in [0.15, 0.2) is 9.35 Å². The number of thioether (sulfide) groups is 1. The van der Waals surface area contributed by atoms with Crippen LogP contribution in [0.3, 0.4) is 0 Å². The summed E-state index contributed by atoms with van der Waals surface area (Å²) < 4.78 is 2.35. The Bertz CT molecular complexity index is 508. The van der Waals surface area contributed by atoms with E-state index < -0.39 is 5.97 Å². The van der Waals surface area contributed by atoms with Crippen molar-refractivity contribution in [3.63, 3.8) is 0 Å². The van der Waals surface area contributed by atoms with Crippen molar-refractivity contribution in [2.75, 3.05) is 5.75 Å². The lowest BCUT2D eigenvalue weighted by molar-refractivity contribution is -0.133. The second-order valence-corrected chi connectivity index (χ2v) is 5.10. The lowest BCUT2D eigenvalue weighted by Crippen LogP contribution is -1.96. The summed E-state index contributed by atoms with van der Waals surface area (Å²) >= 11 is 2.53. The van der Waals surface area contributed by atoms with E-state index in [2.05, 4.69) is 15.3 Å². The van der Waals surface area contributed by atoms with Crippen LogP contribution in [0.4, 0.5) is 0 Å². The first-order valence-electron chi connectivity index (χ1n) is 4.33. The fourth-order valence-corrected chi connectivity index (χ4v) is 2.71. The number of carbonyl (C=O) groups is 1. The van der Waals surface area contributed by atoms with Crippen molar-refractivity contribution in [2.45, 2.75) is 4.34 Å². The number of hydrogen-bond donors (Lipinski definition) is 1. The summed E-state index contributed by atoms with van der Waals surface area (Å²) in [4.78, 5) is 10.4. The third-order valence-corrected chi connectivity index (χ3v) is 3.83. The van der Waals surface area contributed by atoms with E-state index in [1.54, 1.807) is 10.9 Å². The van der Waals surface area contributed by atoms with Crippen LogP contribution in [0.25, 0.3) is 10.7 Å². The summed E-state index contributed by atoms with van der Waals surface area (Å²) in [5.74, 6) is -0.859. The number of nitrogens with zero attached hydrogens (tertiary/aromatic N) is 4. The van der Waals surface area contributed by atoms with Crippen LogP contribution in [0.15, 0.2) is 16.6 Å². The van der Waals surface area contributed by atoms with Gasteiger partial charge in [0.2, 0.25) is 0 Å². The molecule has 0 saturated carbocycles. The molecule has 2 rings (SSSR count). The molecule has 8 heteroatoms. The Balaban J connectivity index is 2.14. The zero-order chi connectivity index (χ0) is 11.5. The summed E-state index contributed by atoms with van der Waals surface area (Å²) in [6.07, 6.45) is 1.68. The Labute approximate surface area is 99.3 Å². The number of rotatable bonds is 4. The standard InChI is InChI=1S/C8H8N4O2S2/c1-12-5(2-3-9-12)7-10-11-8(16-7)15-4-6(13)14/h2-3H,4H2,1H3,(H,13,14). The van der Waals surface area contributed by atoms with E-state index >= 15 is 0 Å². The number of aryl methyl sites for hydroxylation is 1. The monoisotopic (exact) mass is 256 g/mol. The summed E-state index contributed by atoms with van der Waals surface area (Å²) in [7, 11) is 1.82. The highest BCUT2D eigenvalue weighted by molar-refractivity contribution is 8.01. The fraction of sp³-hybridized carbons (Fsp3) is 0.250. The highest BCUT2D eigenvalue weighted by Gasteiger charge is 2.11. The molecule has 2 aromatic rings. The van der Waals surface area contributed by atoms with Crippen LogP contribution in [-0.4, -0.2) is 36.8 Å². The van der Waals surface area contributed by atoms with Gasteiger partial charge in [-0.1, -0.05) is 23.1 Å². The highest BCUT2D eigenvalue weighted by atomic mass is 32.2. The molecule has 0 amide bonds. The van der Waals surface area contributed by atoms with Crippen molar-refractivity contribution in [1.29, 1.82) is 0 Å². The fourth-order valence-electron chi connectivity index (χ4n) is 1.08. The van der Waals surface area contributed by atoms with E-state index in [1.807, 2.05) is 13.1 Å². The first kappa shape index (κ1) is 11.1. The average Bonchev–Trinajstić information content (AvgIpc) is 2.83. The maximum Gasteiger partial charge on any atom is 0.313 e. The normalized spacial score (nSPS) is 10.6. The number of hydrogen-bond acceptors (Lipinski definition) is 6. The summed E-state index contributed by atoms with van der Waals surface area (Å²) in [5.41, 5.74) is 0.875. The second kappa shape index (κ2) is 4.62. The van der Waals surface area contributed by atoms with E-state index in [4.69, 9.17) is 5.11 Å². The molecule has 0 fully saturated rings. The molecule has 84 valence electrons. The minimum Gasteiger partial charge on any atom is -0.481 e. The molecule has 0 bridgehead atoms. The molecule has 0 aliphatic carbocycles. The summed E-state index contributed by atoms with van der Waals surface area (Å²) in [6, 6.07) is 1.84. The van der Waals surface area contributed by atoms with Crippen LogP contribution in [0.5, 0.6) is 0 Å². The van der Waals surface area contributed by atoms with Gasteiger partial charge in [-0.15, -0.1) is 10.2 Å². The summed E-state index contributed by atoms with van der Waals surface area (Å²) in [5, 5.41) is 21.2. The van der Waals surface area contributed by atoms with Gasteiger partial charge in [-0.25, -0.2) is 0 Å². The SMILES string of the molecule is Cn1nccc1-c1nnc(SCC(=O)O)s1. The molecule has 0 aromatic carbocycles. The Hall–Kier alpha value is -1.41. The Morgan fingerprint density at radius 1 is 1.62 bits per heavy atom. The maximum absolute atomic E-state index is 10.4. The maximum atomic E-state index is 10.4. The van der Waals surface area contributed by atoms with Crippen molar-refractivity contribution in [1.82, 2.24) is 20.0 Å². The van der Waals surface area contributed by atoms with E-state index in [9.17, 15) is 4.79 Å². The first-order chi connectivity index (χ1) is 7.66. The molecular formula is C8H8N4O2S2. The van der Waals surface area contributed by atoms with Gasteiger partial charge in [0.1, 0.15) is 0 Å². The van der Waals surface area contributed by atoms with Crippen LogP contribution in [0.2, 0.25) is 0 Å². The van der Waals surface area contributed by atoms with Gasteiger partial charge >= 0.3 is 5.97 Å². The zero-order valence-electron chi connectivity index (χ0n) is 8.32. The van der Waals surface area contributed by atoms with Gasteiger partial charge in [0.25, 0.3) is 0 Å².